The van der Waals surface area contributed by atoms with Crippen LogP contribution in [-0.2, 0) is 0 Å². The average molecular weight is 203 g/mol. The van der Waals surface area contributed by atoms with Crippen LogP contribution >= 0.6 is 0 Å². The van der Waals surface area contributed by atoms with Crippen molar-refractivity contribution >= 4 is 0 Å². The number of aliphatic hydroxyl groups is 1. The Kier molecular flexibility index (Phi) is 3.38. The maximum absolute atomic E-state index is 13.2. The van der Waals surface area contributed by atoms with Crippen molar-refractivity contribution < 1.29 is 18.6 Å². The van der Waals surface area contributed by atoms with E-state index < -0.39 is 24.3 Å². The van der Waals surface area contributed by atoms with Crippen LogP contribution in [0.3, 0.4) is 0 Å². The molecule has 0 amide bonds. The lowest BCUT2D eigenvalue weighted by molar-refractivity contribution is 0.263. The third kappa shape index (κ3) is 1.83. The van der Waals surface area contributed by atoms with Crippen LogP contribution in [0, 0.1) is 11.6 Å². The van der Waals surface area contributed by atoms with Crippen molar-refractivity contribution in [3.8, 4) is 5.75 Å². The Balaban J connectivity index is 3.17. The topological polar surface area (TPSA) is 55.5 Å². The van der Waals surface area contributed by atoms with Crippen LogP contribution in [0.5, 0.6) is 5.75 Å². The van der Waals surface area contributed by atoms with Gasteiger partial charge in [-0.1, -0.05) is 6.07 Å². The second-order valence-electron chi connectivity index (χ2n) is 2.77. The van der Waals surface area contributed by atoms with Crippen LogP contribution < -0.4 is 10.5 Å². The van der Waals surface area contributed by atoms with Gasteiger partial charge in [-0.3, -0.25) is 0 Å². The van der Waals surface area contributed by atoms with Crippen molar-refractivity contribution in [2.75, 3.05) is 13.7 Å². The molecule has 0 aliphatic rings. The maximum Gasteiger partial charge on any atom is 0.200 e. The molecule has 1 atom stereocenters. The number of benzene rings is 1. The van der Waals surface area contributed by atoms with E-state index >= 15 is 0 Å². The summed E-state index contributed by atoms with van der Waals surface area (Å²) in [4.78, 5) is 0. The fourth-order valence-electron chi connectivity index (χ4n) is 1.09. The van der Waals surface area contributed by atoms with Crippen molar-refractivity contribution in [1.29, 1.82) is 0 Å². The summed E-state index contributed by atoms with van der Waals surface area (Å²) in [6, 6.07) is 1.64. The normalized spacial score (nSPS) is 12.6. The zero-order valence-corrected chi connectivity index (χ0v) is 7.63. The number of methoxy groups -OCH3 is 1. The summed E-state index contributed by atoms with van der Waals surface area (Å²) in [5, 5.41) is 8.68. The van der Waals surface area contributed by atoms with E-state index in [0.717, 1.165) is 0 Å². The Labute approximate surface area is 80.1 Å². The van der Waals surface area contributed by atoms with E-state index in [-0.39, 0.29) is 11.3 Å². The molecule has 1 aromatic carbocycles. The van der Waals surface area contributed by atoms with Crippen LogP contribution in [-0.4, -0.2) is 18.8 Å². The monoisotopic (exact) mass is 203 g/mol. The summed E-state index contributed by atoms with van der Waals surface area (Å²) >= 11 is 0. The van der Waals surface area contributed by atoms with Crippen molar-refractivity contribution in [2.45, 2.75) is 6.04 Å². The second-order valence-corrected chi connectivity index (χ2v) is 2.77. The maximum atomic E-state index is 13.2. The van der Waals surface area contributed by atoms with Gasteiger partial charge in [0, 0.05) is 5.56 Å². The molecule has 3 nitrogen and oxygen atoms in total. The van der Waals surface area contributed by atoms with E-state index in [0.29, 0.717) is 0 Å². The summed E-state index contributed by atoms with van der Waals surface area (Å²) in [5.41, 5.74) is 5.29. The van der Waals surface area contributed by atoms with E-state index in [1.807, 2.05) is 0 Å². The molecular formula is C9H11F2NO2. The molecule has 0 radical (unpaired) electrons. The Morgan fingerprint density at radius 2 is 2.07 bits per heavy atom. The molecule has 1 unspecified atom stereocenters. The molecule has 5 heteroatoms. The van der Waals surface area contributed by atoms with Gasteiger partial charge in [-0.15, -0.1) is 0 Å². The first-order chi connectivity index (χ1) is 6.61. The van der Waals surface area contributed by atoms with Gasteiger partial charge in [-0.2, -0.15) is 4.39 Å². The predicted octanol–water partition coefficient (Wildman–Crippen LogP) is 0.965. The number of aliphatic hydroxyl groups excluding tert-OH is 1. The Bertz CT molecular complexity index is 331. The molecule has 1 rings (SSSR count). The third-order valence-electron chi connectivity index (χ3n) is 1.89. The average Bonchev–Trinajstić information content (AvgIpc) is 2.21. The minimum absolute atomic E-state index is 0.0641. The number of hydrogen-bond acceptors (Lipinski definition) is 3. The standard InChI is InChI=1S/C9H11F2NO2/c1-14-7-3-2-5(6(12)4-13)8(10)9(7)11/h2-3,6,13H,4,12H2,1H3. The second kappa shape index (κ2) is 4.34. The van der Waals surface area contributed by atoms with Gasteiger partial charge in [-0.05, 0) is 6.07 Å². The number of rotatable bonds is 3. The van der Waals surface area contributed by atoms with E-state index in [4.69, 9.17) is 10.8 Å². The van der Waals surface area contributed by atoms with E-state index in [1.54, 1.807) is 0 Å². The van der Waals surface area contributed by atoms with Crippen molar-refractivity contribution in [3.63, 3.8) is 0 Å². The molecule has 0 heterocycles. The van der Waals surface area contributed by atoms with Gasteiger partial charge < -0.3 is 15.6 Å². The number of halogens is 2. The van der Waals surface area contributed by atoms with Gasteiger partial charge in [-0.25, -0.2) is 4.39 Å². The molecule has 0 aliphatic carbocycles. The molecule has 0 saturated heterocycles. The minimum atomic E-state index is -1.09. The minimum Gasteiger partial charge on any atom is -0.494 e. The largest absolute Gasteiger partial charge is 0.494 e. The summed E-state index contributed by atoms with van der Waals surface area (Å²) in [5.74, 6) is -2.35. The van der Waals surface area contributed by atoms with E-state index in [2.05, 4.69) is 4.74 Å². The van der Waals surface area contributed by atoms with Crippen LogP contribution in [0.25, 0.3) is 0 Å². The lowest BCUT2D eigenvalue weighted by atomic mass is 10.1. The molecule has 0 fully saturated rings. The zero-order chi connectivity index (χ0) is 10.7. The molecule has 0 aliphatic heterocycles. The first-order valence-corrected chi connectivity index (χ1v) is 4.00. The molecule has 0 aromatic heterocycles. The van der Waals surface area contributed by atoms with E-state index in [9.17, 15) is 8.78 Å². The summed E-state index contributed by atoms with van der Waals surface area (Å²) in [6.45, 7) is -0.442. The molecule has 0 saturated carbocycles. The smallest absolute Gasteiger partial charge is 0.200 e. The fraction of sp³-hybridized carbons (Fsp3) is 0.333. The van der Waals surface area contributed by atoms with Gasteiger partial charge in [0.2, 0.25) is 5.82 Å². The van der Waals surface area contributed by atoms with E-state index in [1.165, 1.54) is 19.2 Å². The first kappa shape index (κ1) is 10.9. The highest BCUT2D eigenvalue weighted by molar-refractivity contribution is 5.32. The van der Waals surface area contributed by atoms with Crippen LogP contribution in [0.1, 0.15) is 11.6 Å². The van der Waals surface area contributed by atoms with Crippen LogP contribution in [0.2, 0.25) is 0 Å². The van der Waals surface area contributed by atoms with Gasteiger partial charge in [0.15, 0.2) is 11.6 Å². The third-order valence-corrected chi connectivity index (χ3v) is 1.89. The molecule has 78 valence electrons. The Hall–Kier alpha value is -1.20. The molecule has 14 heavy (non-hydrogen) atoms. The lowest BCUT2D eigenvalue weighted by Crippen LogP contribution is -2.17. The number of ether oxygens (including phenoxy) is 1. The summed E-state index contributed by atoms with van der Waals surface area (Å²) in [7, 11) is 1.24. The lowest BCUT2D eigenvalue weighted by Gasteiger charge is -2.11. The molecular weight excluding hydrogens is 192 g/mol. The fourth-order valence-corrected chi connectivity index (χ4v) is 1.09. The Morgan fingerprint density at radius 1 is 1.43 bits per heavy atom. The van der Waals surface area contributed by atoms with Gasteiger partial charge >= 0.3 is 0 Å². The highest BCUT2D eigenvalue weighted by atomic mass is 19.2. The molecule has 3 N–H and O–H groups in total. The first-order valence-electron chi connectivity index (χ1n) is 4.00. The molecule has 0 bridgehead atoms. The van der Waals surface area contributed by atoms with Gasteiger partial charge in [0.1, 0.15) is 0 Å². The Morgan fingerprint density at radius 3 is 2.57 bits per heavy atom. The molecule has 1 aromatic rings. The molecule has 0 spiro atoms. The van der Waals surface area contributed by atoms with Gasteiger partial charge in [0.05, 0.1) is 19.8 Å². The number of hydrogen-bond donors (Lipinski definition) is 2. The number of nitrogens with two attached hydrogens (primary N) is 1. The van der Waals surface area contributed by atoms with Crippen molar-refractivity contribution in [3.05, 3.63) is 29.3 Å². The van der Waals surface area contributed by atoms with Gasteiger partial charge in [0.25, 0.3) is 0 Å². The predicted molar refractivity (Wildman–Crippen MR) is 46.9 cm³/mol. The van der Waals surface area contributed by atoms with Crippen LogP contribution in [0.15, 0.2) is 12.1 Å². The highest BCUT2D eigenvalue weighted by Crippen LogP contribution is 2.25. The highest BCUT2D eigenvalue weighted by Gasteiger charge is 2.17. The zero-order valence-electron chi connectivity index (χ0n) is 7.63. The summed E-state index contributed by atoms with van der Waals surface area (Å²) < 4.78 is 30.9. The summed E-state index contributed by atoms with van der Waals surface area (Å²) in [6.07, 6.45) is 0. The quantitative estimate of drug-likeness (QED) is 0.769. The van der Waals surface area contributed by atoms with Crippen molar-refractivity contribution in [1.82, 2.24) is 0 Å². The SMILES string of the molecule is COc1ccc(C(N)CO)c(F)c1F. The van der Waals surface area contributed by atoms with Crippen molar-refractivity contribution in [2.24, 2.45) is 5.73 Å². The van der Waals surface area contributed by atoms with Crippen LogP contribution in [0.4, 0.5) is 8.78 Å².